The van der Waals surface area contributed by atoms with Crippen molar-refractivity contribution in [2.45, 2.75) is 30.9 Å². The lowest BCUT2D eigenvalue weighted by atomic mass is 9.88. The van der Waals surface area contributed by atoms with Gasteiger partial charge >= 0.3 is 0 Å². The molecule has 0 nitrogen and oxygen atoms in total. The van der Waals surface area contributed by atoms with Crippen LogP contribution in [0.15, 0.2) is 12.2 Å². The van der Waals surface area contributed by atoms with E-state index in [0.29, 0.717) is 0 Å². The fourth-order valence-electron chi connectivity index (χ4n) is 1.96. The van der Waals surface area contributed by atoms with E-state index in [1.807, 2.05) is 0 Å². The molecule has 1 saturated carbocycles. The number of rotatable bonds is 0. The minimum Gasteiger partial charge on any atom is -0.154 e. The third kappa shape index (κ3) is 1.24. The topological polar surface area (TPSA) is 0 Å². The van der Waals surface area contributed by atoms with Gasteiger partial charge < -0.3 is 0 Å². The molecule has 0 aromatic rings. The fraction of sp³-hybridized carbons (Fsp3) is 0.778. The van der Waals surface area contributed by atoms with Crippen molar-refractivity contribution in [2.24, 2.45) is 5.92 Å². The van der Waals surface area contributed by atoms with Gasteiger partial charge in [0.05, 0.1) is 0 Å². The van der Waals surface area contributed by atoms with E-state index < -0.39 is 0 Å². The molecular formula is C9H14S. The molecule has 1 fully saturated rings. The zero-order valence-corrected chi connectivity index (χ0v) is 7.07. The summed E-state index contributed by atoms with van der Waals surface area (Å²) in [6.07, 6.45) is 10.7. The molecule has 0 aromatic carbocycles. The highest BCUT2D eigenvalue weighted by Crippen LogP contribution is 2.36. The van der Waals surface area contributed by atoms with Gasteiger partial charge in [0.15, 0.2) is 0 Å². The third-order valence-electron chi connectivity index (χ3n) is 2.54. The van der Waals surface area contributed by atoms with Gasteiger partial charge in [0.2, 0.25) is 0 Å². The maximum absolute atomic E-state index is 2.44. The van der Waals surface area contributed by atoms with Crippen LogP contribution in [-0.2, 0) is 0 Å². The van der Waals surface area contributed by atoms with E-state index in [-0.39, 0.29) is 0 Å². The van der Waals surface area contributed by atoms with E-state index in [2.05, 4.69) is 23.9 Å². The molecule has 10 heavy (non-hydrogen) atoms. The molecule has 0 saturated heterocycles. The Balaban J connectivity index is 2.03. The summed E-state index contributed by atoms with van der Waals surface area (Å²) in [5.74, 6) is 2.20. The van der Waals surface area contributed by atoms with Gasteiger partial charge in [-0.3, -0.25) is 0 Å². The summed E-state index contributed by atoms with van der Waals surface area (Å²) < 4.78 is 0. The van der Waals surface area contributed by atoms with E-state index in [4.69, 9.17) is 0 Å². The van der Waals surface area contributed by atoms with Crippen LogP contribution >= 0.6 is 11.8 Å². The van der Waals surface area contributed by atoms with Crippen molar-refractivity contribution in [3.8, 4) is 0 Å². The highest BCUT2D eigenvalue weighted by atomic mass is 32.2. The van der Waals surface area contributed by atoms with Crippen molar-refractivity contribution >= 4 is 11.8 Å². The molecule has 0 spiro atoms. The first kappa shape index (κ1) is 6.78. The van der Waals surface area contributed by atoms with Gasteiger partial charge in [0, 0.05) is 11.0 Å². The van der Waals surface area contributed by atoms with Crippen LogP contribution in [0, 0.1) is 5.92 Å². The monoisotopic (exact) mass is 154 g/mol. The molecular weight excluding hydrogens is 140 g/mol. The Morgan fingerprint density at radius 1 is 1.20 bits per heavy atom. The standard InChI is InChI=1S/C9H14S/c1-2-6-9-8(4-1)5-3-7-10-9/h3,5,8-9H,1-2,4,6-7H2. The number of fused-ring (bicyclic) bond motifs is 1. The van der Waals surface area contributed by atoms with Gasteiger partial charge in [-0.15, -0.1) is 0 Å². The summed E-state index contributed by atoms with van der Waals surface area (Å²) in [4.78, 5) is 0. The van der Waals surface area contributed by atoms with Gasteiger partial charge in [0.25, 0.3) is 0 Å². The predicted octanol–water partition coefficient (Wildman–Crippen LogP) is 2.85. The van der Waals surface area contributed by atoms with Crippen molar-refractivity contribution < 1.29 is 0 Å². The molecule has 2 atom stereocenters. The summed E-state index contributed by atoms with van der Waals surface area (Å²) in [5, 5.41) is 0.985. The summed E-state index contributed by atoms with van der Waals surface area (Å²) in [6.45, 7) is 0. The van der Waals surface area contributed by atoms with Crippen LogP contribution in [0.1, 0.15) is 25.7 Å². The van der Waals surface area contributed by atoms with Crippen molar-refractivity contribution in [1.29, 1.82) is 0 Å². The molecule has 0 aromatic heterocycles. The van der Waals surface area contributed by atoms with Gasteiger partial charge in [-0.1, -0.05) is 25.0 Å². The van der Waals surface area contributed by atoms with E-state index in [9.17, 15) is 0 Å². The van der Waals surface area contributed by atoms with Crippen LogP contribution in [0.25, 0.3) is 0 Å². The van der Waals surface area contributed by atoms with E-state index in [1.54, 1.807) is 0 Å². The fourth-order valence-corrected chi connectivity index (χ4v) is 3.24. The van der Waals surface area contributed by atoms with Crippen LogP contribution in [0.5, 0.6) is 0 Å². The Hall–Kier alpha value is 0.0900. The molecule has 0 bridgehead atoms. The molecule has 1 aliphatic heterocycles. The Labute approximate surface area is 67.1 Å². The average Bonchev–Trinajstić information content (AvgIpc) is 2.05. The zero-order valence-electron chi connectivity index (χ0n) is 6.25. The van der Waals surface area contributed by atoms with Crippen LogP contribution in [0.2, 0.25) is 0 Å². The molecule has 2 unspecified atom stereocenters. The summed E-state index contributed by atoms with van der Waals surface area (Å²) >= 11 is 2.16. The maximum Gasteiger partial charge on any atom is 0.0116 e. The van der Waals surface area contributed by atoms with Crippen LogP contribution < -0.4 is 0 Å². The Morgan fingerprint density at radius 2 is 2.10 bits per heavy atom. The molecule has 56 valence electrons. The quantitative estimate of drug-likeness (QED) is 0.483. The second kappa shape index (κ2) is 3.00. The SMILES string of the molecule is C1=CC2CCCCC2SC1. The maximum atomic E-state index is 2.44. The van der Waals surface area contributed by atoms with Crippen LogP contribution in [-0.4, -0.2) is 11.0 Å². The van der Waals surface area contributed by atoms with Gasteiger partial charge in [-0.25, -0.2) is 0 Å². The number of hydrogen-bond acceptors (Lipinski definition) is 1. The third-order valence-corrected chi connectivity index (χ3v) is 3.94. The molecule has 0 radical (unpaired) electrons. The van der Waals surface area contributed by atoms with Crippen molar-refractivity contribution in [1.82, 2.24) is 0 Å². The first-order chi connectivity index (χ1) is 4.97. The highest BCUT2D eigenvalue weighted by molar-refractivity contribution is 8.00. The Morgan fingerprint density at radius 3 is 3.00 bits per heavy atom. The molecule has 1 heterocycles. The summed E-state index contributed by atoms with van der Waals surface area (Å²) in [6, 6.07) is 0. The van der Waals surface area contributed by atoms with Gasteiger partial charge in [-0.2, -0.15) is 11.8 Å². The second-order valence-electron chi connectivity index (χ2n) is 3.25. The lowest BCUT2D eigenvalue weighted by Gasteiger charge is -2.31. The molecule has 1 heteroatoms. The number of allylic oxidation sites excluding steroid dienone is 1. The summed E-state index contributed by atoms with van der Waals surface area (Å²) in [5.41, 5.74) is 0. The van der Waals surface area contributed by atoms with E-state index in [1.165, 1.54) is 31.4 Å². The number of thioether (sulfide) groups is 1. The molecule has 2 rings (SSSR count). The van der Waals surface area contributed by atoms with Crippen molar-refractivity contribution in [2.75, 3.05) is 5.75 Å². The van der Waals surface area contributed by atoms with Gasteiger partial charge in [-0.05, 0) is 18.8 Å². The first-order valence-electron chi connectivity index (χ1n) is 4.25. The minimum atomic E-state index is 0.937. The number of hydrogen-bond donors (Lipinski definition) is 0. The first-order valence-corrected chi connectivity index (χ1v) is 5.30. The van der Waals surface area contributed by atoms with Crippen LogP contribution in [0.4, 0.5) is 0 Å². The van der Waals surface area contributed by atoms with Crippen LogP contribution in [0.3, 0.4) is 0 Å². The Bertz CT molecular complexity index is 140. The molecule has 2 aliphatic rings. The summed E-state index contributed by atoms with van der Waals surface area (Å²) in [7, 11) is 0. The second-order valence-corrected chi connectivity index (χ2v) is 4.52. The lowest BCUT2D eigenvalue weighted by molar-refractivity contribution is 0.429. The predicted molar refractivity (Wildman–Crippen MR) is 47.3 cm³/mol. The smallest absolute Gasteiger partial charge is 0.0116 e. The molecule has 0 amide bonds. The van der Waals surface area contributed by atoms with Gasteiger partial charge in [0.1, 0.15) is 0 Å². The largest absolute Gasteiger partial charge is 0.154 e. The van der Waals surface area contributed by atoms with E-state index in [0.717, 1.165) is 11.2 Å². The normalized spacial score (nSPS) is 39.2. The zero-order chi connectivity index (χ0) is 6.81. The van der Waals surface area contributed by atoms with Crippen molar-refractivity contribution in [3.05, 3.63) is 12.2 Å². The Kier molecular flexibility index (Phi) is 2.03. The highest BCUT2D eigenvalue weighted by Gasteiger charge is 2.24. The van der Waals surface area contributed by atoms with Crippen molar-refractivity contribution in [3.63, 3.8) is 0 Å². The lowest BCUT2D eigenvalue weighted by Crippen LogP contribution is -2.22. The molecule has 1 aliphatic carbocycles. The molecule has 0 N–H and O–H groups in total. The minimum absolute atomic E-state index is 0.937. The van der Waals surface area contributed by atoms with E-state index >= 15 is 0 Å². The average molecular weight is 154 g/mol.